The number of rotatable bonds is 4. The van der Waals surface area contributed by atoms with Gasteiger partial charge < -0.3 is 14.2 Å². The number of benzene rings is 2. The fourth-order valence-corrected chi connectivity index (χ4v) is 3.30. The molecule has 0 bridgehead atoms. The number of nitrogens with zero attached hydrogens (tertiary/aromatic N) is 2. The van der Waals surface area contributed by atoms with Crippen molar-refractivity contribution in [3.63, 3.8) is 0 Å². The lowest BCUT2D eigenvalue weighted by atomic mass is 10.0. The number of halogens is 1. The SMILES string of the molecule is COc1ccc(C2(C)OC(c3cccc(Br)c3)=NN2C(C)=O)c(OC)c1. The van der Waals surface area contributed by atoms with Gasteiger partial charge in [-0.1, -0.05) is 22.0 Å². The van der Waals surface area contributed by atoms with Crippen LogP contribution < -0.4 is 9.47 Å². The van der Waals surface area contributed by atoms with Gasteiger partial charge in [0.1, 0.15) is 11.5 Å². The first-order valence-corrected chi connectivity index (χ1v) is 8.75. The number of carbonyl (C=O) groups excluding carboxylic acids is 1. The second-order valence-electron chi connectivity index (χ2n) is 5.90. The van der Waals surface area contributed by atoms with E-state index in [9.17, 15) is 4.79 Å². The summed E-state index contributed by atoms with van der Waals surface area (Å²) in [5.74, 6) is 1.32. The Morgan fingerprint density at radius 2 is 1.96 bits per heavy atom. The van der Waals surface area contributed by atoms with Crippen molar-refractivity contribution in [3.8, 4) is 11.5 Å². The Labute approximate surface area is 160 Å². The van der Waals surface area contributed by atoms with Gasteiger partial charge in [0.25, 0.3) is 0 Å². The van der Waals surface area contributed by atoms with Crippen molar-refractivity contribution >= 4 is 27.7 Å². The average molecular weight is 419 g/mol. The molecule has 0 radical (unpaired) electrons. The minimum Gasteiger partial charge on any atom is -0.497 e. The van der Waals surface area contributed by atoms with Gasteiger partial charge in [0.05, 0.1) is 19.8 Å². The van der Waals surface area contributed by atoms with Crippen molar-refractivity contribution in [3.05, 3.63) is 58.1 Å². The van der Waals surface area contributed by atoms with Gasteiger partial charge in [0.2, 0.25) is 17.5 Å². The summed E-state index contributed by atoms with van der Waals surface area (Å²) in [6.45, 7) is 3.23. The Hall–Kier alpha value is -2.54. The average Bonchev–Trinajstić information content (AvgIpc) is 3.00. The Morgan fingerprint density at radius 3 is 2.58 bits per heavy atom. The topological polar surface area (TPSA) is 60.4 Å². The summed E-state index contributed by atoms with van der Waals surface area (Å²) in [6.07, 6.45) is 0. The van der Waals surface area contributed by atoms with Gasteiger partial charge in [-0.25, -0.2) is 0 Å². The number of carbonyl (C=O) groups is 1. The molecule has 26 heavy (non-hydrogen) atoms. The summed E-state index contributed by atoms with van der Waals surface area (Å²) in [7, 11) is 3.14. The Morgan fingerprint density at radius 1 is 1.19 bits per heavy atom. The van der Waals surface area contributed by atoms with Crippen molar-refractivity contribution in [2.75, 3.05) is 14.2 Å². The van der Waals surface area contributed by atoms with Crippen LogP contribution in [0.4, 0.5) is 0 Å². The van der Waals surface area contributed by atoms with E-state index in [1.807, 2.05) is 30.3 Å². The first-order valence-electron chi connectivity index (χ1n) is 7.96. The van der Waals surface area contributed by atoms with Crippen molar-refractivity contribution in [1.82, 2.24) is 5.01 Å². The second kappa shape index (κ2) is 6.99. The normalized spacial score (nSPS) is 19.0. The predicted octanol–water partition coefficient (Wildman–Crippen LogP) is 3.88. The van der Waals surface area contributed by atoms with Gasteiger partial charge >= 0.3 is 0 Å². The van der Waals surface area contributed by atoms with Gasteiger partial charge in [-0.3, -0.25) is 4.79 Å². The first-order chi connectivity index (χ1) is 12.4. The third kappa shape index (κ3) is 3.14. The summed E-state index contributed by atoms with van der Waals surface area (Å²) in [5.41, 5.74) is 0.299. The zero-order valence-electron chi connectivity index (χ0n) is 14.9. The van der Waals surface area contributed by atoms with E-state index in [4.69, 9.17) is 14.2 Å². The smallest absolute Gasteiger partial charge is 0.243 e. The largest absolute Gasteiger partial charge is 0.497 e. The highest BCUT2D eigenvalue weighted by Crippen LogP contribution is 2.42. The molecular weight excluding hydrogens is 400 g/mol. The maximum absolute atomic E-state index is 12.3. The molecule has 1 aliphatic heterocycles. The summed E-state index contributed by atoms with van der Waals surface area (Å²) in [6, 6.07) is 12.9. The zero-order valence-corrected chi connectivity index (χ0v) is 16.5. The predicted molar refractivity (Wildman–Crippen MR) is 101 cm³/mol. The third-order valence-electron chi connectivity index (χ3n) is 4.17. The molecule has 0 N–H and O–H groups in total. The molecule has 3 rings (SSSR count). The minimum absolute atomic E-state index is 0.240. The highest BCUT2D eigenvalue weighted by molar-refractivity contribution is 9.10. The first kappa shape index (κ1) is 18.3. The molecule has 0 saturated carbocycles. The van der Waals surface area contributed by atoms with E-state index in [-0.39, 0.29) is 5.91 Å². The molecule has 1 aliphatic rings. The van der Waals surface area contributed by atoms with Crippen LogP contribution in [0.15, 0.2) is 52.0 Å². The second-order valence-corrected chi connectivity index (χ2v) is 6.81. The molecule has 1 heterocycles. The molecular formula is C19H19BrN2O4. The molecule has 2 aromatic rings. The number of hydrogen-bond donors (Lipinski definition) is 0. The van der Waals surface area contributed by atoms with Gasteiger partial charge in [0.15, 0.2) is 0 Å². The van der Waals surface area contributed by atoms with Gasteiger partial charge in [0, 0.05) is 30.0 Å². The van der Waals surface area contributed by atoms with Crippen molar-refractivity contribution in [1.29, 1.82) is 0 Å². The standard InChI is InChI=1S/C19H19BrN2O4/c1-12(23)22-19(2,16-9-8-15(24-3)11-17(16)25-4)26-18(21-22)13-6-5-7-14(20)10-13/h5-11H,1-4H3. The van der Waals surface area contributed by atoms with Gasteiger partial charge in [-0.15, -0.1) is 5.10 Å². The molecule has 1 amide bonds. The van der Waals surface area contributed by atoms with Gasteiger partial charge in [-0.2, -0.15) is 5.01 Å². The van der Waals surface area contributed by atoms with Crippen molar-refractivity contribution in [2.24, 2.45) is 5.10 Å². The number of ether oxygens (including phenoxy) is 3. The number of hydrazone groups is 1. The van der Waals surface area contributed by atoms with E-state index in [1.165, 1.54) is 11.9 Å². The summed E-state index contributed by atoms with van der Waals surface area (Å²) in [4.78, 5) is 12.3. The Balaban J connectivity index is 2.08. The molecule has 0 fully saturated rings. The molecule has 136 valence electrons. The van der Waals surface area contributed by atoms with Crippen LogP contribution in [0.2, 0.25) is 0 Å². The molecule has 2 aromatic carbocycles. The zero-order chi connectivity index (χ0) is 18.9. The molecule has 1 unspecified atom stereocenters. The summed E-state index contributed by atoms with van der Waals surface area (Å²) < 4.78 is 17.8. The quantitative estimate of drug-likeness (QED) is 0.755. The Bertz CT molecular complexity index is 884. The highest BCUT2D eigenvalue weighted by atomic mass is 79.9. The molecule has 0 spiro atoms. The lowest BCUT2D eigenvalue weighted by molar-refractivity contribution is -0.146. The maximum atomic E-state index is 12.3. The van der Waals surface area contributed by atoms with Gasteiger partial charge in [-0.05, 0) is 30.3 Å². The van der Waals surface area contributed by atoms with Crippen LogP contribution in [0.25, 0.3) is 0 Å². The van der Waals surface area contributed by atoms with E-state index in [0.717, 1.165) is 10.0 Å². The van der Waals surface area contributed by atoms with E-state index < -0.39 is 5.72 Å². The fraction of sp³-hybridized carbons (Fsp3) is 0.263. The lowest BCUT2D eigenvalue weighted by Gasteiger charge is -2.32. The molecule has 7 heteroatoms. The highest BCUT2D eigenvalue weighted by Gasteiger charge is 2.46. The van der Waals surface area contributed by atoms with Crippen LogP contribution in [0.3, 0.4) is 0 Å². The third-order valence-corrected chi connectivity index (χ3v) is 4.66. The van der Waals surface area contributed by atoms with Crippen LogP contribution in [0, 0.1) is 0 Å². The summed E-state index contributed by atoms with van der Waals surface area (Å²) >= 11 is 3.44. The number of methoxy groups -OCH3 is 2. The van der Waals surface area contributed by atoms with Crippen LogP contribution in [-0.2, 0) is 15.3 Å². The van der Waals surface area contributed by atoms with Crippen molar-refractivity contribution < 1.29 is 19.0 Å². The van der Waals surface area contributed by atoms with E-state index in [2.05, 4.69) is 21.0 Å². The molecule has 0 aromatic heterocycles. The van der Waals surface area contributed by atoms with E-state index in [0.29, 0.717) is 23.0 Å². The summed E-state index contributed by atoms with van der Waals surface area (Å²) in [5, 5.41) is 5.74. The Kier molecular flexibility index (Phi) is 4.91. The molecule has 6 nitrogen and oxygen atoms in total. The number of amides is 1. The van der Waals surface area contributed by atoms with Crippen LogP contribution in [0.5, 0.6) is 11.5 Å². The molecule has 0 saturated heterocycles. The van der Waals surface area contributed by atoms with Crippen LogP contribution in [-0.4, -0.2) is 31.0 Å². The van der Waals surface area contributed by atoms with Crippen molar-refractivity contribution in [2.45, 2.75) is 19.6 Å². The van der Waals surface area contributed by atoms with Crippen LogP contribution in [0.1, 0.15) is 25.0 Å². The fourth-order valence-electron chi connectivity index (χ4n) is 2.90. The number of hydrogen-bond acceptors (Lipinski definition) is 5. The molecule has 1 atom stereocenters. The van der Waals surface area contributed by atoms with E-state index in [1.54, 1.807) is 33.3 Å². The minimum atomic E-state index is -1.14. The monoisotopic (exact) mass is 418 g/mol. The van der Waals surface area contributed by atoms with E-state index >= 15 is 0 Å². The van der Waals surface area contributed by atoms with Crippen LogP contribution >= 0.6 is 15.9 Å². The molecule has 0 aliphatic carbocycles. The maximum Gasteiger partial charge on any atom is 0.243 e. The lowest BCUT2D eigenvalue weighted by Crippen LogP contribution is -2.41.